The highest BCUT2D eigenvalue weighted by atomic mass is 32.1. The summed E-state index contributed by atoms with van der Waals surface area (Å²) >= 11 is 7.16. The van der Waals surface area contributed by atoms with Gasteiger partial charge in [-0.25, -0.2) is 14.1 Å². The third-order valence-corrected chi connectivity index (χ3v) is 6.50. The zero-order valence-electron chi connectivity index (χ0n) is 13.7. The molecular formula is C18H16N4OS2. The first kappa shape index (κ1) is 15.0. The van der Waals surface area contributed by atoms with Gasteiger partial charge in [-0.1, -0.05) is 25.1 Å². The number of rotatable bonds is 1. The minimum atomic E-state index is -0.00486. The average Bonchev–Trinajstić information content (AvgIpc) is 3.16. The summed E-state index contributed by atoms with van der Waals surface area (Å²) in [5.74, 6) is 1.20. The van der Waals surface area contributed by atoms with Gasteiger partial charge in [-0.15, -0.1) is 16.4 Å². The summed E-state index contributed by atoms with van der Waals surface area (Å²) in [5.41, 5.74) is 2.00. The van der Waals surface area contributed by atoms with Gasteiger partial charge in [-0.2, -0.15) is 0 Å². The number of hydrogen-bond donors (Lipinski definition) is 1. The molecule has 0 fully saturated rings. The van der Waals surface area contributed by atoms with Gasteiger partial charge in [0, 0.05) is 4.88 Å². The highest BCUT2D eigenvalue weighted by Crippen LogP contribution is 2.37. The van der Waals surface area contributed by atoms with E-state index in [-0.39, 0.29) is 5.56 Å². The van der Waals surface area contributed by atoms with E-state index in [0.29, 0.717) is 16.5 Å². The number of fused-ring (bicyclic) bond motifs is 5. The maximum Gasteiger partial charge on any atom is 0.268 e. The van der Waals surface area contributed by atoms with Crippen molar-refractivity contribution in [2.75, 3.05) is 0 Å². The standard InChI is InChI=1S/C18H16N4OS2/c1-10-7-8-12-13(9-10)25-16-14(12)15(23)21(11-5-3-2-4-6-11)17-19-20-18(24)22(16)17/h2-6,10H,7-9H2,1H3,(H,20,24). The molecule has 0 bridgehead atoms. The first-order chi connectivity index (χ1) is 12.1. The topological polar surface area (TPSA) is 55.1 Å². The lowest BCUT2D eigenvalue weighted by atomic mass is 9.89. The lowest BCUT2D eigenvalue weighted by Gasteiger charge is -2.17. The Labute approximate surface area is 152 Å². The van der Waals surface area contributed by atoms with Gasteiger partial charge in [0.2, 0.25) is 10.5 Å². The quantitative estimate of drug-likeness (QED) is 0.519. The lowest BCUT2D eigenvalue weighted by Crippen LogP contribution is -2.22. The Kier molecular flexibility index (Phi) is 3.23. The summed E-state index contributed by atoms with van der Waals surface area (Å²) in [6.45, 7) is 2.27. The highest BCUT2D eigenvalue weighted by Gasteiger charge is 2.25. The summed E-state index contributed by atoms with van der Waals surface area (Å²) in [6, 6.07) is 9.63. The number of H-pyrrole nitrogens is 1. The number of thiophene rings is 1. The summed E-state index contributed by atoms with van der Waals surface area (Å²) < 4.78 is 4.10. The third-order valence-electron chi connectivity index (χ3n) is 4.98. The van der Waals surface area contributed by atoms with Crippen molar-refractivity contribution >= 4 is 39.5 Å². The third kappa shape index (κ3) is 2.09. The summed E-state index contributed by atoms with van der Waals surface area (Å²) in [7, 11) is 0. The fourth-order valence-electron chi connectivity index (χ4n) is 3.75. The number of hydrogen-bond acceptors (Lipinski definition) is 4. The van der Waals surface area contributed by atoms with E-state index in [0.717, 1.165) is 35.2 Å². The molecule has 1 unspecified atom stereocenters. The molecule has 0 spiro atoms. The van der Waals surface area contributed by atoms with Crippen LogP contribution in [0.1, 0.15) is 23.8 Å². The van der Waals surface area contributed by atoms with Crippen LogP contribution < -0.4 is 5.56 Å². The second kappa shape index (κ2) is 5.37. The Morgan fingerprint density at radius 2 is 2.12 bits per heavy atom. The molecule has 0 saturated heterocycles. The molecule has 5 nitrogen and oxygen atoms in total. The van der Waals surface area contributed by atoms with Gasteiger partial charge in [-0.05, 0) is 55.1 Å². The van der Waals surface area contributed by atoms with Crippen LogP contribution in [0.3, 0.4) is 0 Å². The second-order valence-corrected chi connectivity index (χ2v) is 8.14. The van der Waals surface area contributed by atoms with E-state index in [1.54, 1.807) is 15.9 Å². The van der Waals surface area contributed by atoms with Crippen LogP contribution in [-0.2, 0) is 12.8 Å². The van der Waals surface area contributed by atoms with Crippen LogP contribution in [0.5, 0.6) is 0 Å². The number of nitrogens with zero attached hydrogens (tertiary/aromatic N) is 3. The molecule has 7 heteroatoms. The number of aromatic amines is 1. The predicted molar refractivity (Wildman–Crippen MR) is 103 cm³/mol. The minimum absolute atomic E-state index is 0.00486. The molecule has 1 atom stereocenters. The van der Waals surface area contributed by atoms with Gasteiger partial charge >= 0.3 is 0 Å². The minimum Gasteiger partial charge on any atom is -0.268 e. The molecule has 25 heavy (non-hydrogen) atoms. The van der Waals surface area contributed by atoms with Crippen molar-refractivity contribution in [3.63, 3.8) is 0 Å². The van der Waals surface area contributed by atoms with Crippen LogP contribution in [0.15, 0.2) is 35.1 Å². The molecule has 4 aromatic rings. The predicted octanol–water partition coefficient (Wildman–Crippen LogP) is 3.88. The molecule has 0 aliphatic heterocycles. The molecule has 1 aliphatic rings. The van der Waals surface area contributed by atoms with Gasteiger partial charge in [0.05, 0.1) is 11.1 Å². The van der Waals surface area contributed by atoms with Crippen molar-refractivity contribution in [1.29, 1.82) is 0 Å². The molecule has 0 amide bonds. The maximum atomic E-state index is 13.4. The van der Waals surface area contributed by atoms with E-state index in [1.165, 1.54) is 10.4 Å². The zero-order valence-corrected chi connectivity index (χ0v) is 15.3. The van der Waals surface area contributed by atoms with E-state index < -0.39 is 0 Å². The molecule has 1 N–H and O–H groups in total. The van der Waals surface area contributed by atoms with Crippen LogP contribution in [-0.4, -0.2) is 19.2 Å². The van der Waals surface area contributed by atoms with Crippen LogP contribution in [0.4, 0.5) is 0 Å². The molecule has 0 saturated carbocycles. The van der Waals surface area contributed by atoms with Gasteiger partial charge in [0.1, 0.15) is 4.83 Å². The van der Waals surface area contributed by atoms with Crippen LogP contribution in [0.2, 0.25) is 0 Å². The Balaban J connectivity index is 2.00. The molecule has 1 aliphatic carbocycles. The van der Waals surface area contributed by atoms with Gasteiger partial charge in [0.15, 0.2) is 0 Å². The maximum absolute atomic E-state index is 13.4. The molecule has 5 rings (SSSR count). The first-order valence-electron chi connectivity index (χ1n) is 8.37. The number of nitrogens with one attached hydrogen (secondary N) is 1. The molecule has 1 aromatic carbocycles. The fourth-order valence-corrected chi connectivity index (χ4v) is 5.53. The van der Waals surface area contributed by atoms with Gasteiger partial charge < -0.3 is 0 Å². The second-order valence-electron chi connectivity index (χ2n) is 6.67. The summed E-state index contributed by atoms with van der Waals surface area (Å²) in [4.78, 5) is 15.7. The van der Waals surface area contributed by atoms with Crippen molar-refractivity contribution in [2.45, 2.75) is 26.2 Å². The van der Waals surface area contributed by atoms with Gasteiger partial charge in [-0.3, -0.25) is 4.79 Å². The summed E-state index contributed by atoms with van der Waals surface area (Å²) in [6.07, 6.45) is 3.11. The van der Waals surface area contributed by atoms with E-state index in [1.807, 2.05) is 34.7 Å². The number of para-hydroxylation sites is 1. The van der Waals surface area contributed by atoms with Crippen molar-refractivity contribution in [2.24, 2.45) is 5.92 Å². The Morgan fingerprint density at radius 1 is 1.32 bits per heavy atom. The Bertz CT molecular complexity index is 1230. The van der Waals surface area contributed by atoms with E-state index in [9.17, 15) is 4.79 Å². The molecular weight excluding hydrogens is 352 g/mol. The normalized spacial score (nSPS) is 17.2. The highest BCUT2D eigenvalue weighted by molar-refractivity contribution is 7.71. The zero-order chi connectivity index (χ0) is 17.1. The fraction of sp³-hybridized carbons (Fsp3) is 0.278. The van der Waals surface area contributed by atoms with E-state index in [2.05, 4.69) is 17.1 Å². The molecule has 126 valence electrons. The van der Waals surface area contributed by atoms with Crippen molar-refractivity contribution in [1.82, 2.24) is 19.2 Å². The average molecular weight is 368 g/mol. The van der Waals surface area contributed by atoms with E-state index >= 15 is 0 Å². The van der Waals surface area contributed by atoms with Gasteiger partial charge in [0.25, 0.3) is 5.56 Å². The smallest absolute Gasteiger partial charge is 0.268 e. The molecule has 0 radical (unpaired) electrons. The monoisotopic (exact) mass is 368 g/mol. The summed E-state index contributed by atoms with van der Waals surface area (Å²) in [5, 5.41) is 8.01. The number of aromatic nitrogens is 4. The Morgan fingerprint density at radius 3 is 2.92 bits per heavy atom. The van der Waals surface area contributed by atoms with Crippen molar-refractivity contribution in [3.05, 3.63) is 55.9 Å². The molecule has 3 heterocycles. The Hall–Kier alpha value is -2.25. The van der Waals surface area contributed by atoms with Crippen molar-refractivity contribution < 1.29 is 0 Å². The van der Waals surface area contributed by atoms with Crippen LogP contribution in [0, 0.1) is 10.7 Å². The van der Waals surface area contributed by atoms with Crippen molar-refractivity contribution in [3.8, 4) is 5.69 Å². The van der Waals surface area contributed by atoms with Crippen LogP contribution >= 0.6 is 23.6 Å². The number of benzene rings is 1. The molecule has 3 aromatic heterocycles. The first-order valence-corrected chi connectivity index (χ1v) is 9.59. The SMILES string of the molecule is CC1CCc2c(sc3c2c(=O)n(-c2ccccc2)c2n[nH]c(=S)n32)C1. The lowest BCUT2D eigenvalue weighted by molar-refractivity contribution is 0.509. The number of aryl methyl sites for hydroxylation is 1. The van der Waals surface area contributed by atoms with Crippen LogP contribution in [0.25, 0.3) is 21.7 Å². The van der Waals surface area contributed by atoms with E-state index in [4.69, 9.17) is 12.2 Å². The largest absolute Gasteiger partial charge is 0.268 e.